The van der Waals surface area contributed by atoms with Crippen molar-refractivity contribution in [2.75, 3.05) is 13.4 Å². The summed E-state index contributed by atoms with van der Waals surface area (Å²) in [5.41, 5.74) is 3.50. The molecule has 2 aromatic carbocycles. The van der Waals surface area contributed by atoms with E-state index in [1.165, 1.54) is 24.0 Å². The lowest BCUT2D eigenvalue weighted by atomic mass is 9.59. The van der Waals surface area contributed by atoms with Crippen molar-refractivity contribution in [1.82, 2.24) is 5.32 Å². The number of fused-ring (bicyclic) bond motifs is 4. The predicted octanol–water partition coefficient (Wildman–Crippen LogP) is 5.75. The molecule has 2 aliphatic carbocycles. The van der Waals surface area contributed by atoms with Crippen LogP contribution in [0.5, 0.6) is 5.75 Å². The highest BCUT2D eigenvalue weighted by Crippen LogP contribution is 2.47. The molecule has 0 radical (unpaired) electrons. The van der Waals surface area contributed by atoms with Crippen molar-refractivity contribution in [3.63, 3.8) is 0 Å². The Bertz CT molecular complexity index is 900. The van der Waals surface area contributed by atoms with Crippen molar-refractivity contribution in [3.8, 4) is 5.75 Å². The van der Waals surface area contributed by atoms with Crippen LogP contribution in [0.3, 0.4) is 0 Å². The van der Waals surface area contributed by atoms with Gasteiger partial charge in [0.15, 0.2) is 6.79 Å². The SMILES string of the molecule is CCOCOc1ccc2c(c1)[C@@]1(C)CCCCC[C@@H](C2)[C@@H]1NC(=O)OCc1ccccc1. The minimum atomic E-state index is -0.331. The van der Waals surface area contributed by atoms with Crippen LogP contribution in [0, 0.1) is 5.92 Å². The summed E-state index contributed by atoms with van der Waals surface area (Å²) in [6.45, 7) is 5.42. The fourth-order valence-corrected chi connectivity index (χ4v) is 5.44. The van der Waals surface area contributed by atoms with E-state index in [1.54, 1.807) is 0 Å². The van der Waals surface area contributed by atoms with E-state index >= 15 is 0 Å². The topological polar surface area (TPSA) is 56.8 Å². The van der Waals surface area contributed by atoms with Gasteiger partial charge in [0.1, 0.15) is 12.4 Å². The van der Waals surface area contributed by atoms with Crippen molar-refractivity contribution in [3.05, 3.63) is 65.2 Å². The molecule has 0 aromatic heterocycles. The molecule has 2 aromatic rings. The Labute approximate surface area is 191 Å². The summed E-state index contributed by atoms with van der Waals surface area (Å²) in [5.74, 6) is 1.23. The highest BCUT2D eigenvalue weighted by atomic mass is 16.7. The first-order valence-corrected chi connectivity index (χ1v) is 11.9. The standard InChI is InChI=1S/C27H35NO4/c1-3-30-19-32-23-14-13-21-16-22-12-8-5-9-15-27(2,24(21)17-23)25(22)28-26(29)31-18-20-10-6-4-7-11-20/h4,6-7,10-11,13-14,17,22,25H,3,5,8-9,12,15-16,18-19H2,1-2H3,(H,28,29)/t22-,25-,27+/m0/s1. The fourth-order valence-electron chi connectivity index (χ4n) is 5.44. The van der Waals surface area contributed by atoms with Crippen molar-refractivity contribution in [2.45, 2.75) is 70.4 Å². The average Bonchev–Trinajstić information content (AvgIpc) is 2.80. The van der Waals surface area contributed by atoms with E-state index in [0.717, 1.165) is 37.0 Å². The van der Waals surface area contributed by atoms with Gasteiger partial charge < -0.3 is 19.5 Å². The molecule has 172 valence electrons. The molecule has 32 heavy (non-hydrogen) atoms. The van der Waals surface area contributed by atoms with Crippen LogP contribution in [0.15, 0.2) is 48.5 Å². The number of amides is 1. The Kier molecular flexibility index (Phi) is 7.36. The molecule has 0 unspecified atom stereocenters. The molecule has 2 aliphatic rings. The van der Waals surface area contributed by atoms with E-state index in [1.807, 2.05) is 43.3 Å². The van der Waals surface area contributed by atoms with E-state index in [9.17, 15) is 4.79 Å². The van der Waals surface area contributed by atoms with Crippen molar-refractivity contribution >= 4 is 6.09 Å². The summed E-state index contributed by atoms with van der Waals surface area (Å²) in [4.78, 5) is 12.8. The molecule has 5 heteroatoms. The third kappa shape index (κ3) is 5.09. The van der Waals surface area contributed by atoms with Crippen LogP contribution in [-0.2, 0) is 27.9 Å². The average molecular weight is 438 g/mol. The monoisotopic (exact) mass is 437 g/mol. The maximum Gasteiger partial charge on any atom is 0.407 e. The lowest BCUT2D eigenvalue weighted by Crippen LogP contribution is -2.57. The van der Waals surface area contributed by atoms with Gasteiger partial charge in [0.05, 0.1) is 0 Å². The third-order valence-electron chi connectivity index (χ3n) is 7.11. The lowest BCUT2D eigenvalue weighted by Gasteiger charge is -2.49. The number of hydrogen-bond acceptors (Lipinski definition) is 4. The molecule has 0 spiro atoms. The number of rotatable bonds is 7. The zero-order valence-electron chi connectivity index (χ0n) is 19.3. The van der Waals surface area contributed by atoms with Crippen LogP contribution < -0.4 is 10.1 Å². The number of hydrogen-bond donors (Lipinski definition) is 1. The van der Waals surface area contributed by atoms with E-state index in [4.69, 9.17) is 14.2 Å². The zero-order chi connectivity index (χ0) is 22.4. The van der Waals surface area contributed by atoms with Crippen LogP contribution >= 0.6 is 0 Å². The van der Waals surface area contributed by atoms with Gasteiger partial charge in [0, 0.05) is 18.1 Å². The minimum Gasteiger partial charge on any atom is -0.468 e. The van der Waals surface area contributed by atoms with Gasteiger partial charge >= 0.3 is 6.09 Å². The Balaban J connectivity index is 1.55. The molecule has 3 atom stereocenters. The predicted molar refractivity (Wildman–Crippen MR) is 125 cm³/mol. The van der Waals surface area contributed by atoms with Crippen molar-refractivity contribution in [1.29, 1.82) is 0 Å². The van der Waals surface area contributed by atoms with Crippen molar-refractivity contribution in [2.24, 2.45) is 5.92 Å². The molecule has 4 rings (SSSR count). The number of alkyl carbamates (subject to hydrolysis) is 1. The third-order valence-corrected chi connectivity index (χ3v) is 7.11. The summed E-state index contributed by atoms with van der Waals surface area (Å²) in [6.07, 6.45) is 6.42. The molecule has 0 saturated heterocycles. The molecular formula is C27H35NO4. The second-order valence-corrected chi connectivity index (χ2v) is 9.24. The van der Waals surface area contributed by atoms with E-state index in [2.05, 4.69) is 24.4 Å². The Morgan fingerprint density at radius 2 is 1.97 bits per heavy atom. The molecule has 1 N–H and O–H groups in total. The van der Waals surface area contributed by atoms with Gasteiger partial charge in [-0.1, -0.05) is 62.6 Å². The van der Waals surface area contributed by atoms with Crippen LogP contribution in [0.4, 0.5) is 4.79 Å². The molecule has 1 amide bonds. The highest BCUT2D eigenvalue weighted by Gasteiger charge is 2.46. The number of carbonyl (C=O) groups is 1. The molecular weight excluding hydrogens is 402 g/mol. The fraction of sp³-hybridized carbons (Fsp3) is 0.519. The largest absolute Gasteiger partial charge is 0.468 e. The Morgan fingerprint density at radius 1 is 1.12 bits per heavy atom. The maximum absolute atomic E-state index is 12.8. The number of ether oxygens (including phenoxy) is 3. The maximum atomic E-state index is 12.8. The van der Waals surface area contributed by atoms with E-state index in [-0.39, 0.29) is 30.9 Å². The summed E-state index contributed by atoms with van der Waals surface area (Å²) in [7, 11) is 0. The zero-order valence-corrected chi connectivity index (χ0v) is 19.3. The van der Waals surface area contributed by atoms with Gasteiger partial charge in [-0.25, -0.2) is 4.79 Å². The molecule has 1 fully saturated rings. The van der Waals surface area contributed by atoms with Crippen LogP contribution in [0.25, 0.3) is 0 Å². The summed E-state index contributed by atoms with van der Waals surface area (Å²) >= 11 is 0. The first-order valence-electron chi connectivity index (χ1n) is 11.9. The first kappa shape index (κ1) is 22.7. The number of benzene rings is 2. The Morgan fingerprint density at radius 3 is 2.78 bits per heavy atom. The molecule has 1 saturated carbocycles. The highest BCUT2D eigenvalue weighted by molar-refractivity contribution is 5.68. The molecule has 0 aliphatic heterocycles. The van der Waals surface area contributed by atoms with E-state index in [0.29, 0.717) is 12.5 Å². The summed E-state index contributed by atoms with van der Waals surface area (Å²) in [6, 6.07) is 16.3. The summed E-state index contributed by atoms with van der Waals surface area (Å²) in [5, 5.41) is 3.29. The number of nitrogens with one attached hydrogen (secondary N) is 1. The second-order valence-electron chi connectivity index (χ2n) is 9.24. The first-order chi connectivity index (χ1) is 15.6. The van der Waals surface area contributed by atoms with Crippen LogP contribution in [0.1, 0.15) is 62.6 Å². The second kappa shape index (κ2) is 10.4. The summed E-state index contributed by atoms with van der Waals surface area (Å²) < 4.78 is 16.8. The Hall–Kier alpha value is -2.53. The molecule has 2 bridgehead atoms. The van der Waals surface area contributed by atoms with Gasteiger partial charge in [-0.15, -0.1) is 0 Å². The normalized spacial score (nSPS) is 24.6. The number of carbonyl (C=O) groups excluding carboxylic acids is 1. The quantitative estimate of drug-likeness (QED) is 0.443. The van der Waals surface area contributed by atoms with Crippen LogP contribution in [-0.4, -0.2) is 25.5 Å². The van der Waals surface area contributed by atoms with Crippen molar-refractivity contribution < 1.29 is 19.0 Å². The van der Waals surface area contributed by atoms with E-state index < -0.39 is 0 Å². The molecule has 5 nitrogen and oxygen atoms in total. The van der Waals surface area contributed by atoms with Crippen LogP contribution in [0.2, 0.25) is 0 Å². The van der Waals surface area contributed by atoms with Gasteiger partial charge in [0.2, 0.25) is 0 Å². The molecule has 0 heterocycles. The smallest absolute Gasteiger partial charge is 0.407 e. The van der Waals surface area contributed by atoms with Gasteiger partial charge in [-0.3, -0.25) is 0 Å². The van der Waals surface area contributed by atoms with Gasteiger partial charge in [-0.05, 0) is 60.9 Å². The van der Waals surface area contributed by atoms with Gasteiger partial charge in [0.25, 0.3) is 0 Å². The lowest BCUT2D eigenvalue weighted by molar-refractivity contribution is 0.0222. The minimum absolute atomic E-state index is 0.0423. The van der Waals surface area contributed by atoms with Gasteiger partial charge in [-0.2, -0.15) is 0 Å².